The molecule has 0 aromatic carbocycles. The number of thioether (sulfide) groups is 1. The molecule has 1 nitrogen and oxygen atoms in total. The van der Waals surface area contributed by atoms with Gasteiger partial charge in [0.05, 0.1) is 5.71 Å². The van der Waals surface area contributed by atoms with Crippen LogP contribution in [0.3, 0.4) is 0 Å². The lowest BCUT2D eigenvalue weighted by molar-refractivity contribution is 1.50. The summed E-state index contributed by atoms with van der Waals surface area (Å²) in [7, 11) is 0. The molecule has 12 heavy (non-hydrogen) atoms. The largest absolute Gasteiger partial charge is 0.256 e. The third-order valence-electron chi connectivity index (χ3n) is 1.17. The minimum absolute atomic E-state index is 1.02. The molecule has 0 unspecified atom stereocenters. The second kappa shape index (κ2) is 6.92. The molecule has 66 valence electrons. The number of hydrogen-bond donors (Lipinski definition) is 0. The molecule has 1 heterocycles. The predicted octanol–water partition coefficient (Wildman–Crippen LogP) is 3.76. The molecule has 0 saturated heterocycles. The topological polar surface area (TPSA) is 12.4 Å². The second-order valence-corrected chi connectivity index (χ2v) is 2.72. The van der Waals surface area contributed by atoms with Crippen molar-refractivity contribution in [2.75, 3.05) is 0 Å². The summed E-state index contributed by atoms with van der Waals surface area (Å²) in [6.07, 6.45) is 5.60. The Morgan fingerprint density at radius 3 is 2.67 bits per heavy atom. The van der Waals surface area contributed by atoms with Gasteiger partial charge in [-0.05, 0) is 18.4 Å². The monoisotopic (exact) mass is 181 g/mol. The molecule has 0 saturated carbocycles. The summed E-state index contributed by atoms with van der Waals surface area (Å²) in [6.45, 7) is 9.54. The molecule has 0 radical (unpaired) electrons. The smallest absolute Gasteiger partial charge is 0.0770 e. The van der Waals surface area contributed by atoms with Crippen LogP contribution in [0.15, 0.2) is 40.2 Å². The Labute approximate surface area is 79.0 Å². The summed E-state index contributed by atoms with van der Waals surface area (Å²) in [4.78, 5) is 5.29. The molecule has 0 aliphatic carbocycles. The molecule has 1 aliphatic rings. The maximum absolute atomic E-state index is 4.08. The number of hydrogen-bond acceptors (Lipinski definition) is 2. The van der Waals surface area contributed by atoms with Crippen LogP contribution in [0.5, 0.6) is 0 Å². The van der Waals surface area contributed by atoms with Crippen LogP contribution in [0.4, 0.5) is 0 Å². The van der Waals surface area contributed by atoms with Crippen molar-refractivity contribution in [1.82, 2.24) is 0 Å². The van der Waals surface area contributed by atoms with Crippen molar-refractivity contribution >= 4 is 17.5 Å². The van der Waals surface area contributed by atoms with Gasteiger partial charge in [-0.25, -0.2) is 0 Å². The van der Waals surface area contributed by atoms with Crippen LogP contribution in [-0.2, 0) is 0 Å². The molecule has 0 fully saturated rings. The normalized spacial score (nSPS) is 20.9. The fraction of sp³-hybridized carbons (Fsp3) is 0.300. The molecule has 0 spiro atoms. The van der Waals surface area contributed by atoms with Crippen molar-refractivity contribution in [2.45, 2.75) is 20.8 Å². The van der Waals surface area contributed by atoms with Crippen molar-refractivity contribution in [3.05, 3.63) is 35.2 Å². The van der Waals surface area contributed by atoms with Crippen LogP contribution in [0.25, 0.3) is 0 Å². The highest BCUT2D eigenvalue weighted by Crippen LogP contribution is 2.25. The Bertz CT molecular complexity index is 224. The van der Waals surface area contributed by atoms with E-state index in [-0.39, 0.29) is 0 Å². The first-order valence-corrected chi connectivity index (χ1v) is 4.95. The van der Waals surface area contributed by atoms with Gasteiger partial charge in [0.1, 0.15) is 0 Å². The third kappa shape index (κ3) is 3.09. The van der Waals surface area contributed by atoms with Gasteiger partial charge in [-0.2, -0.15) is 0 Å². The maximum atomic E-state index is 4.08. The van der Waals surface area contributed by atoms with Crippen LogP contribution >= 0.6 is 11.8 Å². The Hall–Kier alpha value is -0.760. The first-order chi connectivity index (χ1) is 5.88. The first kappa shape index (κ1) is 11.2. The Balaban J connectivity index is 0.000000561. The molecule has 1 rings (SSSR count). The van der Waals surface area contributed by atoms with Crippen molar-refractivity contribution in [1.29, 1.82) is 0 Å². The van der Waals surface area contributed by atoms with Crippen LogP contribution in [-0.4, -0.2) is 5.71 Å². The summed E-state index contributed by atoms with van der Waals surface area (Å²) in [5, 5.41) is 2.03. The lowest BCUT2D eigenvalue weighted by Gasteiger charge is -1.92. The van der Waals surface area contributed by atoms with Crippen molar-refractivity contribution in [3.8, 4) is 0 Å². The fourth-order valence-corrected chi connectivity index (χ4v) is 1.46. The second-order valence-electron chi connectivity index (χ2n) is 1.77. The van der Waals surface area contributed by atoms with Gasteiger partial charge in [-0.3, -0.25) is 4.99 Å². The van der Waals surface area contributed by atoms with E-state index in [0.29, 0.717) is 0 Å². The van der Waals surface area contributed by atoms with Gasteiger partial charge in [-0.1, -0.05) is 38.3 Å². The summed E-state index contributed by atoms with van der Waals surface area (Å²) in [6, 6.07) is 0. The van der Waals surface area contributed by atoms with Crippen molar-refractivity contribution in [2.24, 2.45) is 4.99 Å². The average Bonchev–Trinajstić information content (AvgIpc) is 2.56. The lowest BCUT2D eigenvalue weighted by atomic mass is 10.3. The standard InChI is InChI=1S/C8H9NS.C2H6/c1-3-8-7(9-4-2)5-6-10-8;1-2/h3-6H,2H2,1H3;1-2H3/b8-3+,9-7?;. The Morgan fingerprint density at radius 1 is 1.50 bits per heavy atom. The molecule has 0 atom stereocenters. The Morgan fingerprint density at radius 2 is 2.17 bits per heavy atom. The van der Waals surface area contributed by atoms with Gasteiger partial charge in [0.25, 0.3) is 0 Å². The number of allylic oxidation sites excluding steroid dienone is 3. The quantitative estimate of drug-likeness (QED) is 0.600. The molecular formula is C10H15NS. The average molecular weight is 181 g/mol. The summed E-state index contributed by atoms with van der Waals surface area (Å²) in [5.41, 5.74) is 1.02. The van der Waals surface area contributed by atoms with E-state index in [0.717, 1.165) is 5.71 Å². The van der Waals surface area contributed by atoms with Gasteiger partial charge in [-0.15, -0.1) is 0 Å². The van der Waals surface area contributed by atoms with E-state index in [9.17, 15) is 0 Å². The fourth-order valence-electron chi connectivity index (χ4n) is 0.735. The predicted molar refractivity (Wildman–Crippen MR) is 59.5 cm³/mol. The number of nitrogens with zero attached hydrogens (tertiary/aromatic N) is 1. The van der Waals surface area contributed by atoms with E-state index in [2.05, 4.69) is 11.6 Å². The van der Waals surface area contributed by atoms with E-state index in [4.69, 9.17) is 0 Å². The lowest BCUT2D eigenvalue weighted by Crippen LogP contribution is -1.87. The molecule has 0 amide bonds. The molecule has 0 aromatic heterocycles. The highest BCUT2D eigenvalue weighted by molar-refractivity contribution is 8.07. The van der Waals surface area contributed by atoms with Gasteiger partial charge in [0, 0.05) is 11.1 Å². The van der Waals surface area contributed by atoms with Crippen LogP contribution in [0, 0.1) is 0 Å². The molecular weight excluding hydrogens is 166 g/mol. The maximum Gasteiger partial charge on any atom is 0.0770 e. The summed E-state index contributed by atoms with van der Waals surface area (Å²) in [5.74, 6) is 0. The van der Waals surface area contributed by atoms with Crippen LogP contribution in [0.1, 0.15) is 20.8 Å². The minimum atomic E-state index is 1.02. The highest BCUT2D eigenvalue weighted by atomic mass is 32.2. The van der Waals surface area contributed by atoms with Gasteiger partial charge >= 0.3 is 0 Å². The Kier molecular flexibility index (Phi) is 6.48. The summed E-state index contributed by atoms with van der Waals surface area (Å²) >= 11 is 1.69. The van der Waals surface area contributed by atoms with E-state index < -0.39 is 0 Å². The molecule has 2 heteroatoms. The van der Waals surface area contributed by atoms with Crippen LogP contribution < -0.4 is 0 Å². The highest BCUT2D eigenvalue weighted by Gasteiger charge is 2.06. The SMILES string of the molecule is C=CN=C1C=CS/C1=C/C.CC. The van der Waals surface area contributed by atoms with Crippen molar-refractivity contribution < 1.29 is 0 Å². The minimum Gasteiger partial charge on any atom is -0.256 e. The first-order valence-electron chi connectivity index (χ1n) is 4.07. The van der Waals surface area contributed by atoms with Crippen molar-refractivity contribution in [3.63, 3.8) is 0 Å². The van der Waals surface area contributed by atoms with Gasteiger partial charge < -0.3 is 0 Å². The molecule has 0 aromatic rings. The van der Waals surface area contributed by atoms with E-state index >= 15 is 0 Å². The van der Waals surface area contributed by atoms with Gasteiger partial charge in [0.2, 0.25) is 0 Å². The zero-order valence-electron chi connectivity index (χ0n) is 7.87. The number of rotatable bonds is 1. The van der Waals surface area contributed by atoms with E-state index in [1.807, 2.05) is 38.3 Å². The molecule has 1 aliphatic heterocycles. The zero-order valence-corrected chi connectivity index (χ0v) is 8.69. The van der Waals surface area contributed by atoms with E-state index in [1.165, 1.54) is 4.91 Å². The zero-order chi connectivity index (χ0) is 9.40. The molecule has 0 bridgehead atoms. The van der Waals surface area contributed by atoms with Crippen LogP contribution in [0.2, 0.25) is 0 Å². The number of aliphatic imine (C=N–C) groups is 1. The van der Waals surface area contributed by atoms with E-state index in [1.54, 1.807) is 18.0 Å². The third-order valence-corrected chi connectivity index (χ3v) is 2.14. The van der Waals surface area contributed by atoms with Gasteiger partial charge in [0.15, 0.2) is 0 Å². The summed E-state index contributed by atoms with van der Waals surface area (Å²) < 4.78 is 0. The molecule has 0 N–H and O–H groups in total.